The van der Waals surface area contributed by atoms with Crippen molar-refractivity contribution in [3.05, 3.63) is 64.7 Å². The van der Waals surface area contributed by atoms with E-state index in [0.29, 0.717) is 23.8 Å². The molecule has 0 bridgehead atoms. The van der Waals surface area contributed by atoms with Crippen LogP contribution in [-0.4, -0.2) is 16.0 Å². The molecule has 3 rings (SSSR count). The van der Waals surface area contributed by atoms with Crippen molar-refractivity contribution in [3.63, 3.8) is 0 Å². The van der Waals surface area contributed by atoms with Crippen LogP contribution in [0.1, 0.15) is 12.3 Å². The molecule has 0 saturated carbocycles. The molecule has 0 aliphatic carbocycles. The Morgan fingerprint density at radius 3 is 2.75 bits per heavy atom. The average molecular weight is 390 g/mol. The summed E-state index contributed by atoms with van der Waals surface area (Å²) in [7, 11) is 0. The fraction of sp³-hybridized carbons (Fsp3) is 0.118. The van der Waals surface area contributed by atoms with Crippen LogP contribution in [0.2, 0.25) is 0 Å². The van der Waals surface area contributed by atoms with Crippen molar-refractivity contribution in [2.24, 2.45) is 0 Å². The van der Waals surface area contributed by atoms with E-state index in [4.69, 9.17) is 4.52 Å². The number of anilines is 1. The largest absolute Gasteiger partial charge is 0.339 e. The van der Waals surface area contributed by atoms with E-state index >= 15 is 0 Å². The fourth-order valence-electron chi connectivity index (χ4n) is 2.08. The predicted octanol–water partition coefficient (Wildman–Crippen LogP) is 4.21. The Morgan fingerprint density at radius 1 is 1.21 bits per heavy atom. The summed E-state index contributed by atoms with van der Waals surface area (Å²) in [5.41, 5.74) is 1.25. The van der Waals surface area contributed by atoms with E-state index in [1.54, 1.807) is 6.07 Å². The number of carbonyl (C=O) groups excluding carboxylic acids is 1. The van der Waals surface area contributed by atoms with Gasteiger partial charge in [0.25, 0.3) is 0 Å². The van der Waals surface area contributed by atoms with Gasteiger partial charge in [0.2, 0.25) is 17.6 Å². The van der Waals surface area contributed by atoms with Gasteiger partial charge in [-0.2, -0.15) is 4.98 Å². The van der Waals surface area contributed by atoms with E-state index in [2.05, 4.69) is 31.4 Å². The molecule has 0 aliphatic heterocycles. The number of aromatic nitrogens is 2. The zero-order valence-electron chi connectivity index (χ0n) is 12.5. The van der Waals surface area contributed by atoms with Crippen LogP contribution in [0.3, 0.4) is 0 Å². The van der Waals surface area contributed by atoms with Crippen molar-refractivity contribution in [1.29, 1.82) is 0 Å². The first kappa shape index (κ1) is 16.3. The number of hydrogen-bond acceptors (Lipinski definition) is 4. The molecule has 3 aromatic rings. The molecule has 0 saturated heterocycles. The second kappa shape index (κ2) is 7.35. The van der Waals surface area contributed by atoms with Gasteiger partial charge in [-0.15, -0.1) is 0 Å². The SMILES string of the molecule is O=C(CCc1nc(-c2ccc(Br)cc2)no1)Nc1cccc(F)c1. The van der Waals surface area contributed by atoms with E-state index in [0.717, 1.165) is 10.0 Å². The Bertz CT molecular complexity index is 849. The average Bonchev–Trinajstić information content (AvgIpc) is 3.03. The molecule has 0 atom stereocenters. The first-order chi connectivity index (χ1) is 11.6. The maximum absolute atomic E-state index is 13.1. The summed E-state index contributed by atoms with van der Waals surface area (Å²) in [5, 5.41) is 6.53. The highest BCUT2D eigenvalue weighted by Gasteiger charge is 2.11. The number of nitrogens with zero attached hydrogens (tertiary/aromatic N) is 2. The Kier molecular flexibility index (Phi) is 5.00. The highest BCUT2D eigenvalue weighted by molar-refractivity contribution is 9.10. The zero-order chi connectivity index (χ0) is 16.9. The van der Waals surface area contributed by atoms with Crippen LogP contribution in [0.25, 0.3) is 11.4 Å². The quantitative estimate of drug-likeness (QED) is 0.709. The van der Waals surface area contributed by atoms with Crippen LogP contribution < -0.4 is 5.32 Å². The van der Waals surface area contributed by atoms with E-state index in [9.17, 15) is 9.18 Å². The summed E-state index contributed by atoms with van der Waals surface area (Å²) < 4.78 is 19.2. The highest BCUT2D eigenvalue weighted by Crippen LogP contribution is 2.19. The van der Waals surface area contributed by atoms with Crippen molar-refractivity contribution in [1.82, 2.24) is 10.1 Å². The van der Waals surface area contributed by atoms with Gasteiger partial charge in [0.05, 0.1) is 0 Å². The van der Waals surface area contributed by atoms with Gasteiger partial charge < -0.3 is 9.84 Å². The normalized spacial score (nSPS) is 10.6. The Labute approximate surface area is 146 Å². The number of carbonyl (C=O) groups is 1. The Balaban J connectivity index is 1.57. The van der Waals surface area contributed by atoms with E-state index in [-0.39, 0.29) is 12.3 Å². The molecule has 1 amide bonds. The molecule has 0 radical (unpaired) electrons. The smallest absolute Gasteiger partial charge is 0.227 e. The molecule has 1 N–H and O–H groups in total. The zero-order valence-corrected chi connectivity index (χ0v) is 14.1. The summed E-state index contributed by atoms with van der Waals surface area (Å²) in [6.45, 7) is 0. The van der Waals surface area contributed by atoms with E-state index in [1.807, 2.05) is 24.3 Å². The van der Waals surface area contributed by atoms with Crippen LogP contribution in [-0.2, 0) is 11.2 Å². The summed E-state index contributed by atoms with van der Waals surface area (Å²) in [5.74, 6) is 0.207. The molecule has 0 fully saturated rings. The number of hydrogen-bond donors (Lipinski definition) is 1. The molecule has 5 nitrogen and oxygen atoms in total. The predicted molar refractivity (Wildman–Crippen MR) is 90.8 cm³/mol. The summed E-state index contributed by atoms with van der Waals surface area (Å²) in [6.07, 6.45) is 0.475. The lowest BCUT2D eigenvalue weighted by Crippen LogP contribution is -2.12. The third-order valence-corrected chi connectivity index (χ3v) is 3.77. The maximum atomic E-state index is 13.1. The monoisotopic (exact) mass is 389 g/mol. The van der Waals surface area contributed by atoms with E-state index < -0.39 is 5.82 Å². The molecule has 2 aromatic carbocycles. The molecule has 0 unspecified atom stereocenters. The number of amides is 1. The van der Waals surface area contributed by atoms with Gasteiger partial charge in [-0.1, -0.05) is 27.2 Å². The third-order valence-electron chi connectivity index (χ3n) is 3.24. The lowest BCUT2D eigenvalue weighted by atomic mass is 10.2. The van der Waals surface area contributed by atoms with Crippen molar-refractivity contribution < 1.29 is 13.7 Å². The molecule has 1 heterocycles. The Hall–Kier alpha value is -2.54. The molecular formula is C17H13BrFN3O2. The van der Waals surface area contributed by atoms with Crippen molar-refractivity contribution in [2.45, 2.75) is 12.8 Å². The first-order valence-corrected chi connectivity index (χ1v) is 8.03. The highest BCUT2D eigenvalue weighted by atomic mass is 79.9. The fourth-order valence-corrected chi connectivity index (χ4v) is 2.35. The van der Waals surface area contributed by atoms with Gasteiger partial charge in [0.1, 0.15) is 5.82 Å². The van der Waals surface area contributed by atoms with Crippen LogP contribution >= 0.6 is 15.9 Å². The van der Waals surface area contributed by atoms with Gasteiger partial charge >= 0.3 is 0 Å². The lowest BCUT2D eigenvalue weighted by molar-refractivity contribution is -0.116. The van der Waals surface area contributed by atoms with Gasteiger partial charge in [-0.25, -0.2) is 4.39 Å². The van der Waals surface area contributed by atoms with Crippen molar-refractivity contribution >= 4 is 27.5 Å². The Morgan fingerprint density at radius 2 is 2.00 bits per heavy atom. The molecule has 0 spiro atoms. The van der Waals surface area contributed by atoms with Crippen LogP contribution in [0.5, 0.6) is 0 Å². The maximum Gasteiger partial charge on any atom is 0.227 e. The standard InChI is InChI=1S/C17H13BrFN3O2/c18-12-6-4-11(5-7-12)17-21-16(24-22-17)9-8-15(23)20-14-3-1-2-13(19)10-14/h1-7,10H,8-9H2,(H,20,23). The topological polar surface area (TPSA) is 68.0 Å². The van der Waals surface area contributed by atoms with Gasteiger partial charge in [-0.3, -0.25) is 4.79 Å². The summed E-state index contributed by atoms with van der Waals surface area (Å²) in [6, 6.07) is 13.3. The molecule has 122 valence electrons. The molecule has 24 heavy (non-hydrogen) atoms. The van der Waals surface area contributed by atoms with Crippen molar-refractivity contribution in [3.8, 4) is 11.4 Å². The molecule has 0 aliphatic rings. The van der Waals surface area contributed by atoms with E-state index in [1.165, 1.54) is 18.2 Å². The summed E-state index contributed by atoms with van der Waals surface area (Å²) >= 11 is 3.36. The minimum Gasteiger partial charge on any atom is -0.339 e. The lowest BCUT2D eigenvalue weighted by Gasteiger charge is -2.03. The first-order valence-electron chi connectivity index (χ1n) is 7.24. The van der Waals surface area contributed by atoms with Crippen LogP contribution in [0, 0.1) is 5.82 Å². The van der Waals surface area contributed by atoms with Gasteiger partial charge in [0, 0.05) is 28.6 Å². The summed E-state index contributed by atoms with van der Waals surface area (Å²) in [4.78, 5) is 16.2. The number of nitrogens with one attached hydrogen (secondary N) is 1. The van der Waals surface area contributed by atoms with Crippen LogP contribution in [0.4, 0.5) is 10.1 Å². The minimum atomic E-state index is -0.399. The number of benzene rings is 2. The number of aryl methyl sites for hydroxylation is 1. The molecule has 1 aromatic heterocycles. The van der Waals surface area contributed by atoms with Crippen LogP contribution in [0.15, 0.2) is 57.5 Å². The number of halogens is 2. The number of rotatable bonds is 5. The molecule has 7 heteroatoms. The second-order valence-electron chi connectivity index (χ2n) is 5.08. The third kappa shape index (κ3) is 4.26. The van der Waals surface area contributed by atoms with Gasteiger partial charge in [0.15, 0.2) is 0 Å². The van der Waals surface area contributed by atoms with Gasteiger partial charge in [-0.05, 0) is 42.5 Å². The molecular weight excluding hydrogens is 377 g/mol. The second-order valence-corrected chi connectivity index (χ2v) is 5.99. The minimum absolute atomic E-state index is 0.165. The van der Waals surface area contributed by atoms with Crippen molar-refractivity contribution in [2.75, 3.05) is 5.32 Å².